The van der Waals surface area contributed by atoms with Crippen LogP contribution in [0.1, 0.15) is 17.5 Å². The van der Waals surface area contributed by atoms with Crippen molar-refractivity contribution in [1.29, 1.82) is 0 Å². The number of amides is 1. The van der Waals surface area contributed by atoms with E-state index in [1.165, 1.54) is 0 Å². The highest BCUT2D eigenvalue weighted by molar-refractivity contribution is 7.91. The predicted molar refractivity (Wildman–Crippen MR) is 82.6 cm³/mol. The van der Waals surface area contributed by atoms with Crippen molar-refractivity contribution in [2.24, 2.45) is 0 Å². The number of fused-ring (bicyclic) bond motifs is 1. The molecule has 1 aromatic rings. The maximum atomic E-state index is 12.1. The van der Waals surface area contributed by atoms with Gasteiger partial charge in [0.05, 0.1) is 17.1 Å². The minimum absolute atomic E-state index is 0.0511. The van der Waals surface area contributed by atoms with Gasteiger partial charge >= 0.3 is 0 Å². The van der Waals surface area contributed by atoms with E-state index in [9.17, 15) is 13.2 Å². The van der Waals surface area contributed by atoms with Gasteiger partial charge in [-0.1, -0.05) is 12.1 Å². The van der Waals surface area contributed by atoms with Crippen LogP contribution in [0.25, 0.3) is 5.57 Å². The molecule has 1 fully saturated rings. The lowest BCUT2D eigenvalue weighted by molar-refractivity contribution is -0.110. The van der Waals surface area contributed by atoms with Crippen LogP contribution >= 0.6 is 0 Å². The van der Waals surface area contributed by atoms with E-state index < -0.39 is 9.84 Å². The number of hydrogen-bond donors (Lipinski definition) is 1. The molecule has 0 spiro atoms. The van der Waals surface area contributed by atoms with Gasteiger partial charge in [-0.2, -0.15) is 0 Å². The van der Waals surface area contributed by atoms with E-state index in [2.05, 4.69) is 5.32 Å². The van der Waals surface area contributed by atoms with Gasteiger partial charge < -0.3 is 10.2 Å². The average molecular weight is 306 g/mol. The van der Waals surface area contributed by atoms with E-state index in [4.69, 9.17) is 0 Å². The molecule has 2 aliphatic heterocycles. The third-order valence-corrected chi connectivity index (χ3v) is 5.83. The molecule has 0 saturated carbocycles. The average Bonchev–Trinajstić information content (AvgIpc) is 2.90. The lowest BCUT2D eigenvalue weighted by atomic mass is 10.1. The Bertz CT molecular complexity index is 737. The smallest absolute Gasteiger partial charge is 0.257 e. The summed E-state index contributed by atoms with van der Waals surface area (Å²) in [6.45, 7) is 1.98. The number of hydrogen-bond acceptors (Lipinski definition) is 4. The van der Waals surface area contributed by atoms with Crippen LogP contribution in [0.5, 0.6) is 0 Å². The molecule has 1 saturated heterocycles. The van der Waals surface area contributed by atoms with Crippen molar-refractivity contribution >= 4 is 27.0 Å². The number of aryl methyl sites for hydroxylation is 1. The summed E-state index contributed by atoms with van der Waals surface area (Å²) in [6.07, 6.45) is 2.38. The topological polar surface area (TPSA) is 66.5 Å². The van der Waals surface area contributed by atoms with Crippen LogP contribution < -0.4 is 5.32 Å². The Kier molecular flexibility index (Phi) is 3.28. The maximum Gasteiger partial charge on any atom is 0.257 e. The molecule has 0 radical (unpaired) electrons. The molecule has 1 amide bonds. The summed E-state index contributed by atoms with van der Waals surface area (Å²) in [7, 11) is -1.09. The quantitative estimate of drug-likeness (QED) is 0.839. The van der Waals surface area contributed by atoms with Crippen molar-refractivity contribution in [2.75, 3.05) is 23.9 Å². The molecule has 1 unspecified atom stereocenters. The van der Waals surface area contributed by atoms with Crippen molar-refractivity contribution in [1.82, 2.24) is 4.90 Å². The number of carbonyl (C=O) groups is 1. The van der Waals surface area contributed by atoms with Crippen molar-refractivity contribution < 1.29 is 13.2 Å². The van der Waals surface area contributed by atoms with Crippen molar-refractivity contribution in [2.45, 2.75) is 19.4 Å². The van der Waals surface area contributed by atoms with Crippen molar-refractivity contribution in [3.63, 3.8) is 0 Å². The first-order valence-corrected chi connectivity index (χ1v) is 8.74. The zero-order valence-electron chi connectivity index (χ0n) is 12.1. The molecule has 0 aliphatic carbocycles. The Morgan fingerprint density at radius 3 is 2.81 bits per heavy atom. The van der Waals surface area contributed by atoms with Crippen LogP contribution in [-0.2, 0) is 14.6 Å². The highest BCUT2D eigenvalue weighted by Crippen LogP contribution is 2.33. The SMILES string of the molecule is Cc1ccc2c(c1)NC(=O)/C2=C/N(C)C1CCS(=O)(=O)C1. The van der Waals surface area contributed by atoms with Gasteiger partial charge in [0.1, 0.15) is 0 Å². The van der Waals surface area contributed by atoms with Crippen LogP contribution in [-0.4, -0.2) is 43.8 Å². The maximum absolute atomic E-state index is 12.1. The van der Waals surface area contributed by atoms with Gasteiger partial charge in [0.2, 0.25) is 0 Å². The Morgan fingerprint density at radius 1 is 1.38 bits per heavy atom. The van der Waals surface area contributed by atoms with Crippen molar-refractivity contribution in [3.8, 4) is 0 Å². The van der Waals surface area contributed by atoms with Crippen LogP contribution in [0.4, 0.5) is 5.69 Å². The number of nitrogens with zero attached hydrogens (tertiary/aromatic N) is 1. The predicted octanol–water partition coefficient (Wildman–Crippen LogP) is 1.41. The molecule has 0 bridgehead atoms. The molecule has 2 heterocycles. The molecular weight excluding hydrogens is 288 g/mol. The Balaban J connectivity index is 1.89. The number of rotatable bonds is 2. The second-order valence-corrected chi connectivity index (χ2v) is 8.00. The van der Waals surface area contributed by atoms with Gasteiger partial charge in [-0.3, -0.25) is 4.79 Å². The molecule has 1 atom stereocenters. The summed E-state index contributed by atoms with van der Waals surface area (Å²) in [5.74, 6) is 0.256. The molecule has 1 aromatic carbocycles. The normalized spacial score (nSPS) is 25.0. The first-order valence-electron chi connectivity index (χ1n) is 6.92. The molecular formula is C15H18N2O3S. The molecule has 3 rings (SSSR count). The summed E-state index contributed by atoms with van der Waals surface area (Å²) < 4.78 is 23.1. The Labute approximate surface area is 124 Å². The summed E-state index contributed by atoms with van der Waals surface area (Å²) >= 11 is 0. The van der Waals surface area contributed by atoms with Crippen LogP contribution in [0, 0.1) is 6.92 Å². The third kappa shape index (κ3) is 2.68. The first-order chi connectivity index (χ1) is 9.85. The van der Waals surface area contributed by atoms with Crippen LogP contribution in [0.2, 0.25) is 0 Å². The van der Waals surface area contributed by atoms with Gasteiger partial charge in [0.15, 0.2) is 9.84 Å². The lowest BCUT2D eigenvalue weighted by Crippen LogP contribution is -2.28. The minimum atomic E-state index is -2.93. The molecule has 112 valence electrons. The highest BCUT2D eigenvalue weighted by Gasteiger charge is 2.31. The fraction of sp³-hybridized carbons (Fsp3) is 0.400. The van der Waals surface area contributed by atoms with Gasteiger partial charge in [-0.25, -0.2) is 8.42 Å². The zero-order chi connectivity index (χ0) is 15.2. The van der Waals surface area contributed by atoms with Gasteiger partial charge in [0.25, 0.3) is 5.91 Å². The lowest BCUT2D eigenvalue weighted by Gasteiger charge is -2.21. The first kappa shape index (κ1) is 14.1. The van der Waals surface area contributed by atoms with Crippen LogP contribution in [0.3, 0.4) is 0 Å². The number of carbonyl (C=O) groups excluding carboxylic acids is 1. The standard InChI is InChI=1S/C15H18N2O3S/c1-10-3-4-12-13(15(18)16-14(12)7-10)8-17(2)11-5-6-21(19,20)9-11/h3-4,7-8,11H,5-6,9H2,1-2H3,(H,16,18)/b13-8+. The Morgan fingerprint density at radius 2 is 2.14 bits per heavy atom. The van der Waals surface area contributed by atoms with Gasteiger partial charge in [0, 0.05) is 30.5 Å². The Hall–Kier alpha value is -1.82. The second kappa shape index (κ2) is 4.87. The van der Waals surface area contributed by atoms with E-state index in [0.29, 0.717) is 12.0 Å². The minimum Gasteiger partial charge on any atom is -0.376 e. The van der Waals surface area contributed by atoms with E-state index in [1.807, 2.05) is 37.1 Å². The van der Waals surface area contributed by atoms with E-state index >= 15 is 0 Å². The van der Waals surface area contributed by atoms with Crippen molar-refractivity contribution in [3.05, 3.63) is 35.5 Å². The van der Waals surface area contributed by atoms with E-state index in [1.54, 1.807) is 6.20 Å². The number of anilines is 1. The summed E-state index contributed by atoms with van der Waals surface area (Å²) in [4.78, 5) is 14.0. The summed E-state index contributed by atoms with van der Waals surface area (Å²) in [6, 6.07) is 5.78. The van der Waals surface area contributed by atoms with E-state index in [-0.39, 0.29) is 23.5 Å². The highest BCUT2D eigenvalue weighted by atomic mass is 32.2. The second-order valence-electron chi connectivity index (χ2n) is 5.77. The zero-order valence-corrected chi connectivity index (χ0v) is 12.9. The van der Waals surface area contributed by atoms with Crippen LogP contribution in [0.15, 0.2) is 24.4 Å². The number of sulfone groups is 1. The molecule has 21 heavy (non-hydrogen) atoms. The summed E-state index contributed by atoms with van der Waals surface area (Å²) in [5, 5.41) is 2.85. The molecule has 2 aliphatic rings. The largest absolute Gasteiger partial charge is 0.376 e. The molecule has 6 heteroatoms. The molecule has 1 N–H and O–H groups in total. The number of benzene rings is 1. The number of nitrogens with one attached hydrogen (secondary N) is 1. The van der Waals surface area contributed by atoms with Gasteiger partial charge in [-0.15, -0.1) is 0 Å². The fourth-order valence-corrected chi connectivity index (χ4v) is 4.63. The van der Waals surface area contributed by atoms with E-state index in [0.717, 1.165) is 16.8 Å². The third-order valence-electron chi connectivity index (χ3n) is 4.08. The molecule has 5 nitrogen and oxygen atoms in total. The monoisotopic (exact) mass is 306 g/mol. The molecule has 0 aromatic heterocycles. The summed E-state index contributed by atoms with van der Waals surface area (Å²) in [5.41, 5.74) is 3.37. The van der Waals surface area contributed by atoms with Gasteiger partial charge in [-0.05, 0) is 25.0 Å². The fourth-order valence-electron chi connectivity index (χ4n) is 2.84.